The Labute approximate surface area is 132 Å². The lowest BCUT2D eigenvalue weighted by Gasteiger charge is -2.14. The molecule has 0 bridgehead atoms. The fraction of sp³-hybridized carbons (Fsp3) is 0.125. The number of aromatic amines is 2. The molecular formula is C16H15N7. The third-order valence-corrected chi connectivity index (χ3v) is 3.84. The van der Waals surface area contributed by atoms with Crippen LogP contribution in [0.4, 0.5) is 0 Å². The third kappa shape index (κ3) is 2.32. The van der Waals surface area contributed by atoms with E-state index in [1.807, 2.05) is 36.7 Å². The first-order valence-electron chi connectivity index (χ1n) is 7.31. The molecule has 3 heterocycles. The van der Waals surface area contributed by atoms with E-state index in [2.05, 4.69) is 41.6 Å². The molecule has 0 saturated carbocycles. The van der Waals surface area contributed by atoms with E-state index in [0.29, 0.717) is 0 Å². The molecule has 7 nitrogen and oxygen atoms in total. The molecule has 0 unspecified atom stereocenters. The van der Waals surface area contributed by atoms with Gasteiger partial charge in [-0.1, -0.05) is 30.3 Å². The smallest absolute Gasteiger partial charge is 0.147 e. The van der Waals surface area contributed by atoms with Gasteiger partial charge in [-0.05, 0) is 6.92 Å². The second-order valence-corrected chi connectivity index (χ2v) is 5.23. The molecule has 0 aliphatic heterocycles. The van der Waals surface area contributed by atoms with Gasteiger partial charge in [-0.15, -0.1) is 0 Å². The fourth-order valence-corrected chi connectivity index (χ4v) is 2.66. The zero-order valence-corrected chi connectivity index (χ0v) is 12.5. The van der Waals surface area contributed by atoms with Crippen molar-refractivity contribution in [3.8, 4) is 22.6 Å². The minimum atomic E-state index is -0.0271. The number of H-pyrrole nitrogens is 2. The molecule has 7 heteroatoms. The molecule has 0 aliphatic carbocycles. The lowest BCUT2D eigenvalue weighted by Crippen LogP contribution is -2.09. The highest BCUT2D eigenvalue weighted by atomic mass is 15.2. The molecule has 0 aliphatic rings. The van der Waals surface area contributed by atoms with Crippen LogP contribution in [-0.2, 0) is 0 Å². The number of nitrogens with one attached hydrogen (secondary N) is 2. The van der Waals surface area contributed by atoms with Gasteiger partial charge >= 0.3 is 0 Å². The van der Waals surface area contributed by atoms with Gasteiger partial charge in [0.2, 0.25) is 0 Å². The number of nitrogens with zero attached hydrogens (tertiary/aromatic N) is 5. The summed E-state index contributed by atoms with van der Waals surface area (Å²) in [5.41, 5.74) is 3.84. The van der Waals surface area contributed by atoms with Crippen LogP contribution < -0.4 is 0 Å². The van der Waals surface area contributed by atoms with Gasteiger partial charge in [-0.2, -0.15) is 5.10 Å². The average Bonchev–Trinajstić information content (AvgIpc) is 3.34. The monoisotopic (exact) mass is 305 g/mol. The molecule has 4 aromatic rings. The van der Waals surface area contributed by atoms with Crippen molar-refractivity contribution in [3.63, 3.8) is 0 Å². The molecule has 1 aromatic carbocycles. The van der Waals surface area contributed by atoms with Gasteiger partial charge in [0.05, 0.1) is 42.0 Å². The summed E-state index contributed by atoms with van der Waals surface area (Å²) in [4.78, 5) is 16.2. The number of hydrogen-bond donors (Lipinski definition) is 2. The van der Waals surface area contributed by atoms with Crippen LogP contribution in [0.5, 0.6) is 0 Å². The number of aromatic nitrogens is 7. The Kier molecular flexibility index (Phi) is 3.23. The van der Waals surface area contributed by atoms with Gasteiger partial charge in [0, 0.05) is 5.56 Å². The van der Waals surface area contributed by atoms with E-state index < -0.39 is 0 Å². The van der Waals surface area contributed by atoms with E-state index >= 15 is 0 Å². The predicted molar refractivity (Wildman–Crippen MR) is 85.4 cm³/mol. The zero-order chi connectivity index (χ0) is 15.6. The molecule has 4 rings (SSSR count). The van der Waals surface area contributed by atoms with Crippen molar-refractivity contribution < 1.29 is 0 Å². The van der Waals surface area contributed by atoms with Crippen molar-refractivity contribution in [2.24, 2.45) is 0 Å². The summed E-state index contributed by atoms with van der Waals surface area (Å²) >= 11 is 0. The lowest BCUT2D eigenvalue weighted by molar-refractivity contribution is 0.606. The summed E-state index contributed by atoms with van der Waals surface area (Å²) in [6.07, 6.45) is 6.80. The molecule has 0 spiro atoms. The van der Waals surface area contributed by atoms with E-state index in [1.165, 1.54) is 6.33 Å². The largest absolute Gasteiger partial charge is 0.343 e. The summed E-state index contributed by atoms with van der Waals surface area (Å²) in [6, 6.07) is 10.1. The molecule has 3 aromatic heterocycles. The topological polar surface area (TPSA) is 88.1 Å². The van der Waals surface area contributed by atoms with Crippen LogP contribution in [0, 0.1) is 0 Å². The highest BCUT2D eigenvalue weighted by Crippen LogP contribution is 2.32. The van der Waals surface area contributed by atoms with Crippen LogP contribution in [0.1, 0.15) is 18.8 Å². The van der Waals surface area contributed by atoms with Gasteiger partial charge < -0.3 is 9.55 Å². The first-order valence-corrected chi connectivity index (χ1v) is 7.31. The maximum absolute atomic E-state index is 4.63. The molecule has 114 valence electrons. The van der Waals surface area contributed by atoms with Crippen LogP contribution in [0.3, 0.4) is 0 Å². The molecule has 0 amide bonds. The number of hydrogen-bond acceptors (Lipinski definition) is 4. The van der Waals surface area contributed by atoms with Gasteiger partial charge in [0.1, 0.15) is 12.2 Å². The van der Waals surface area contributed by atoms with Gasteiger partial charge in [0.15, 0.2) is 0 Å². The summed E-state index contributed by atoms with van der Waals surface area (Å²) in [7, 11) is 0. The van der Waals surface area contributed by atoms with Crippen molar-refractivity contribution in [2.45, 2.75) is 13.0 Å². The first-order chi connectivity index (χ1) is 11.3. The van der Waals surface area contributed by atoms with Crippen molar-refractivity contribution in [3.05, 3.63) is 61.3 Å². The van der Waals surface area contributed by atoms with Gasteiger partial charge in [-0.25, -0.2) is 15.0 Å². The van der Waals surface area contributed by atoms with Crippen LogP contribution in [0.25, 0.3) is 22.6 Å². The van der Waals surface area contributed by atoms with Crippen molar-refractivity contribution in [1.29, 1.82) is 0 Å². The van der Waals surface area contributed by atoms with Crippen molar-refractivity contribution >= 4 is 0 Å². The number of imidazole rings is 2. The standard InChI is InChI=1S/C16H15N7/c1-11(16-19-9-21-22-16)23-10-20-14(12-5-3-2-4-6-12)15(23)13-7-17-8-18-13/h2-11H,1H3,(H,17,18)(H,19,21,22)/t11-/m1/s1. The van der Waals surface area contributed by atoms with E-state index in [9.17, 15) is 0 Å². The Morgan fingerprint density at radius 3 is 2.70 bits per heavy atom. The molecule has 23 heavy (non-hydrogen) atoms. The van der Waals surface area contributed by atoms with Crippen LogP contribution in [0.2, 0.25) is 0 Å². The molecular weight excluding hydrogens is 290 g/mol. The Bertz CT molecular complexity index is 876. The normalized spacial score (nSPS) is 12.4. The molecule has 2 N–H and O–H groups in total. The van der Waals surface area contributed by atoms with Crippen molar-refractivity contribution in [1.82, 2.24) is 34.7 Å². The molecule has 0 saturated heterocycles. The van der Waals surface area contributed by atoms with E-state index in [0.717, 1.165) is 28.5 Å². The third-order valence-electron chi connectivity index (χ3n) is 3.84. The second kappa shape index (κ2) is 5.53. The van der Waals surface area contributed by atoms with Crippen LogP contribution in [-0.4, -0.2) is 34.7 Å². The Balaban J connectivity index is 1.89. The number of benzene rings is 1. The van der Waals surface area contributed by atoms with E-state index in [-0.39, 0.29) is 6.04 Å². The minimum absolute atomic E-state index is 0.0271. The maximum Gasteiger partial charge on any atom is 0.147 e. The Morgan fingerprint density at radius 1 is 1.13 bits per heavy atom. The SMILES string of the molecule is C[C@H](c1ncn[nH]1)n1cnc(-c2ccccc2)c1-c1cnc[nH]1. The van der Waals surface area contributed by atoms with Crippen LogP contribution in [0.15, 0.2) is 55.5 Å². The predicted octanol–water partition coefficient (Wildman–Crippen LogP) is 2.67. The highest BCUT2D eigenvalue weighted by molar-refractivity contribution is 5.76. The second-order valence-electron chi connectivity index (χ2n) is 5.23. The fourth-order valence-electron chi connectivity index (χ4n) is 2.66. The van der Waals surface area contributed by atoms with Gasteiger partial charge in [0.25, 0.3) is 0 Å². The van der Waals surface area contributed by atoms with Crippen LogP contribution >= 0.6 is 0 Å². The minimum Gasteiger partial charge on any atom is -0.343 e. The summed E-state index contributed by atoms with van der Waals surface area (Å²) < 4.78 is 2.07. The number of rotatable bonds is 4. The zero-order valence-electron chi connectivity index (χ0n) is 12.5. The summed E-state index contributed by atoms with van der Waals surface area (Å²) in [5.74, 6) is 0.780. The van der Waals surface area contributed by atoms with Gasteiger partial charge in [-0.3, -0.25) is 5.10 Å². The molecule has 0 radical (unpaired) electrons. The Hall–Kier alpha value is -3.22. The van der Waals surface area contributed by atoms with E-state index in [4.69, 9.17) is 0 Å². The quantitative estimate of drug-likeness (QED) is 0.606. The molecule has 1 atom stereocenters. The average molecular weight is 305 g/mol. The highest BCUT2D eigenvalue weighted by Gasteiger charge is 2.21. The lowest BCUT2D eigenvalue weighted by atomic mass is 10.1. The Morgan fingerprint density at radius 2 is 2.00 bits per heavy atom. The van der Waals surface area contributed by atoms with E-state index in [1.54, 1.807) is 12.5 Å². The first kappa shape index (κ1) is 13.4. The maximum atomic E-state index is 4.63. The summed E-state index contributed by atoms with van der Waals surface area (Å²) in [6.45, 7) is 2.05. The summed E-state index contributed by atoms with van der Waals surface area (Å²) in [5, 5.41) is 6.86. The van der Waals surface area contributed by atoms with Crippen molar-refractivity contribution in [2.75, 3.05) is 0 Å². The molecule has 0 fully saturated rings.